The zero-order chi connectivity index (χ0) is 10.2. The zero-order valence-electron chi connectivity index (χ0n) is 8.41. The molecule has 1 aliphatic rings. The van der Waals surface area contributed by atoms with Crippen LogP contribution < -0.4 is 5.32 Å². The maximum atomic E-state index is 10.1. The molecular formula is C9H20KNO3S. The molecular weight excluding hydrogens is 241 g/mol. The molecule has 0 heterocycles. The first-order valence-electron chi connectivity index (χ1n) is 5.30. The van der Waals surface area contributed by atoms with Gasteiger partial charge in [0, 0.05) is 6.04 Å². The van der Waals surface area contributed by atoms with Crippen LogP contribution >= 0.6 is 0 Å². The molecule has 0 aromatic carbocycles. The molecule has 0 saturated heterocycles. The standard InChI is InChI=1S/C9H19NO3S.K.H/c11-14(12)13-8-4-7-10-9-5-2-1-3-6-9;;/h9-10,14H,1-8H2;;. The first-order valence-corrected chi connectivity index (χ1v) is 6.39. The van der Waals surface area contributed by atoms with E-state index in [1.807, 2.05) is 0 Å². The van der Waals surface area contributed by atoms with Crippen molar-refractivity contribution in [2.45, 2.75) is 44.6 Å². The van der Waals surface area contributed by atoms with E-state index in [1.165, 1.54) is 32.1 Å². The van der Waals surface area contributed by atoms with Gasteiger partial charge < -0.3 is 5.32 Å². The third kappa shape index (κ3) is 9.23. The Morgan fingerprint density at radius 2 is 1.87 bits per heavy atom. The molecule has 0 aromatic heterocycles. The molecule has 1 aliphatic carbocycles. The second-order valence-electron chi connectivity index (χ2n) is 3.70. The quantitative estimate of drug-likeness (QED) is 0.407. The van der Waals surface area contributed by atoms with Gasteiger partial charge in [-0.2, -0.15) is 0 Å². The summed E-state index contributed by atoms with van der Waals surface area (Å²) in [5, 5.41) is 3.42. The molecule has 0 radical (unpaired) electrons. The van der Waals surface area contributed by atoms with Crippen molar-refractivity contribution >= 4 is 62.4 Å². The fraction of sp³-hybridized carbons (Fsp3) is 1.00. The van der Waals surface area contributed by atoms with E-state index in [9.17, 15) is 8.42 Å². The molecule has 4 nitrogen and oxygen atoms in total. The molecule has 1 fully saturated rings. The van der Waals surface area contributed by atoms with E-state index >= 15 is 0 Å². The van der Waals surface area contributed by atoms with Crippen molar-refractivity contribution in [2.75, 3.05) is 13.2 Å². The van der Waals surface area contributed by atoms with Crippen molar-refractivity contribution in [1.82, 2.24) is 5.32 Å². The molecule has 86 valence electrons. The molecule has 0 aromatic rings. The van der Waals surface area contributed by atoms with Crippen molar-refractivity contribution < 1.29 is 12.6 Å². The van der Waals surface area contributed by atoms with E-state index in [0.29, 0.717) is 12.6 Å². The Morgan fingerprint density at radius 3 is 2.47 bits per heavy atom. The van der Waals surface area contributed by atoms with Crippen molar-refractivity contribution in [1.29, 1.82) is 0 Å². The molecule has 0 amide bonds. The monoisotopic (exact) mass is 261 g/mol. The van der Waals surface area contributed by atoms with Crippen LogP contribution in [0.15, 0.2) is 0 Å². The first kappa shape index (κ1) is 16.5. The van der Waals surface area contributed by atoms with Crippen LogP contribution in [0.4, 0.5) is 0 Å². The molecule has 0 atom stereocenters. The van der Waals surface area contributed by atoms with E-state index in [2.05, 4.69) is 9.50 Å². The van der Waals surface area contributed by atoms with E-state index in [1.54, 1.807) is 0 Å². The number of hydrogen-bond acceptors (Lipinski definition) is 4. The van der Waals surface area contributed by atoms with Crippen LogP contribution in [0, 0.1) is 0 Å². The Kier molecular flexibility index (Phi) is 11.7. The van der Waals surface area contributed by atoms with Gasteiger partial charge in [-0.05, 0) is 25.8 Å². The van der Waals surface area contributed by atoms with Gasteiger partial charge in [0.2, 0.25) is 0 Å². The minimum atomic E-state index is -2.66. The molecule has 1 rings (SSSR count). The van der Waals surface area contributed by atoms with Crippen molar-refractivity contribution in [3.05, 3.63) is 0 Å². The summed E-state index contributed by atoms with van der Waals surface area (Å²) in [4.78, 5) is 0. The topological polar surface area (TPSA) is 55.4 Å². The van der Waals surface area contributed by atoms with Crippen LogP contribution in [-0.2, 0) is 15.2 Å². The van der Waals surface area contributed by atoms with Gasteiger partial charge >= 0.3 is 51.4 Å². The number of rotatable bonds is 6. The maximum absolute atomic E-state index is 10.1. The van der Waals surface area contributed by atoms with E-state index in [4.69, 9.17) is 0 Å². The second kappa shape index (κ2) is 10.6. The SMILES string of the molecule is O=[SH](=O)OCCCNC1CCCCC1.[KH]. The van der Waals surface area contributed by atoms with Gasteiger partial charge in [-0.3, -0.25) is 4.18 Å². The summed E-state index contributed by atoms with van der Waals surface area (Å²) in [6.07, 6.45) is 7.28. The summed E-state index contributed by atoms with van der Waals surface area (Å²) in [7, 11) is -2.66. The van der Waals surface area contributed by atoms with Gasteiger partial charge in [0.15, 0.2) is 0 Å². The molecule has 0 aliphatic heterocycles. The zero-order valence-corrected chi connectivity index (χ0v) is 9.30. The Balaban J connectivity index is 0.00000196. The Hall–Kier alpha value is 1.51. The summed E-state index contributed by atoms with van der Waals surface area (Å²) >= 11 is 0. The predicted octanol–water partition coefficient (Wildman–Crippen LogP) is 0.193. The van der Waals surface area contributed by atoms with Crippen molar-refractivity contribution in [2.24, 2.45) is 0 Å². The molecule has 1 saturated carbocycles. The second-order valence-corrected chi connectivity index (χ2v) is 4.40. The fourth-order valence-electron chi connectivity index (χ4n) is 1.82. The molecule has 15 heavy (non-hydrogen) atoms. The van der Waals surface area contributed by atoms with Crippen LogP contribution in [0.5, 0.6) is 0 Å². The van der Waals surface area contributed by atoms with Crippen molar-refractivity contribution in [3.63, 3.8) is 0 Å². The molecule has 0 spiro atoms. The average Bonchev–Trinajstić information content (AvgIpc) is 2.18. The van der Waals surface area contributed by atoms with Crippen molar-refractivity contribution in [3.8, 4) is 0 Å². The Labute approximate surface area is 136 Å². The molecule has 1 N–H and O–H groups in total. The number of nitrogens with one attached hydrogen (secondary N) is 1. The van der Waals surface area contributed by atoms with Gasteiger partial charge in [-0.25, -0.2) is 8.42 Å². The average molecular weight is 261 g/mol. The van der Waals surface area contributed by atoms with Crippen LogP contribution in [0.1, 0.15) is 38.5 Å². The first-order chi connectivity index (χ1) is 6.79. The predicted molar refractivity (Wildman–Crippen MR) is 62.9 cm³/mol. The number of thiol groups is 1. The van der Waals surface area contributed by atoms with E-state index < -0.39 is 11.0 Å². The summed E-state index contributed by atoms with van der Waals surface area (Å²) in [5.41, 5.74) is 0. The van der Waals surface area contributed by atoms with E-state index in [-0.39, 0.29) is 51.4 Å². The molecule has 0 unspecified atom stereocenters. The summed E-state index contributed by atoms with van der Waals surface area (Å²) < 4.78 is 24.6. The van der Waals surface area contributed by atoms with Crippen LogP contribution in [0.25, 0.3) is 0 Å². The van der Waals surface area contributed by atoms with Crippen LogP contribution in [-0.4, -0.2) is 79.0 Å². The van der Waals surface area contributed by atoms with Gasteiger partial charge in [0.25, 0.3) is 11.0 Å². The summed E-state index contributed by atoms with van der Waals surface area (Å²) in [6.45, 7) is 1.16. The third-order valence-corrected chi connectivity index (χ3v) is 2.95. The minimum absolute atomic E-state index is 0. The normalized spacial score (nSPS) is 17.7. The fourth-order valence-corrected chi connectivity index (χ4v) is 2.10. The summed E-state index contributed by atoms with van der Waals surface area (Å²) in [6, 6.07) is 0.643. The van der Waals surface area contributed by atoms with Crippen LogP contribution in [0.3, 0.4) is 0 Å². The van der Waals surface area contributed by atoms with Gasteiger partial charge in [-0.1, -0.05) is 19.3 Å². The van der Waals surface area contributed by atoms with E-state index in [0.717, 1.165) is 13.0 Å². The van der Waals surface area contributed by atoms with Crippen LogP contribution in [0.2, 0.25) is 0 Å². The third-order valence-electron chi connectivity index (χ3n) is 2.56. The molecule has 0 bridgehead atoms. The Bertz CT molecular complexity index is 209. The summed E-state index contributed by atoms with van der Waals surface area (Å²) in [5.74, 6) is 0. The van der Waals surface area contributed by atoms with Gasteiger partial charge in [0.05, 0.1) is 6.61 Å². The number of hydrogen-bond donors (Lipinski definition) is 2. The Morgan fingerprint density at radius 1 is 1.20 bits per heavy atom. The van der Waals surface area contributed by atoms with Gasteiger partial charge in [0.1, 0.15) is 0 Å². The molecule has 6 heteroatoms. The van der Waals surface area contributed by atoms with Gasteiger partial charge in [-0.15, -0.1) is 0 Å².